The second kappa shape index (κ2) is 15.2. The van der Waals surface area contributed by atoms with E-state index in [1.54, 1.807) is 0 Å². The van der Waals surface area contributed by atoms with E-state index in [0.29, 0.717) is 0 Å². The zero-order valence-corrected chi connectivity index (χ0v) is 38.8. The molecule has 2 aliphatic carbocycles. The van der Waals surface area contributed by atoms with Gasteiger partial charge in [-0.1, -0.05) is 210 Å². The molecule has 0 N–H and O–H groups in total. The molecule has 1 heterocycles. The average molecular weight is 871 g/mol. The Morgan fingerprint density at radius 2 is 0.779 bits per heavy atom. The van der Waals surface area contributed by atoms with Gasteiger partial charge in [0, 0.05) is 44.0 Å². The Kier molecular flexibility index (Phi) is 8.95. The van der Waals surface area contributed by atoms with E-state index >= 15 is 0 Å². The molecule has 2 heteroatoms. The van der Waals surface area contributed by atoms with Crippen LogP contribution in [0.3, 0.4) is 0 Å². The summed E-state index contributed by atoms with van der Waals surface area (Å²) in [5, 5.41) is 2.48. The van der Waals surface area contributed by atoms with Gasteiger partial charge < -0.3 is 9.47 Å². The van der Waals surface area contributed by atoms with Gasteiger partial charge in [-0.2, -0.15) is 0 Å². The first kappa shape index (κ1) is 40.1. The van der Waals surface area contributed by atoms with Gasteiger partial charge in [-0.3, -0.25) is 0 Å². The second-order valence-electron chi connectivity index (χ2n) is 19.6. The van der Waals surface area contributed by atoms with Crippen LogP contribution in [0.1, 0.15) is 49.9 Å². The van der Waals surface area contributed by atoms with Gasteiger partial charge in [-0.25, -0.2) is 0 Å². The van der Waals surface area contributed by atoms with Crippen LogP contribution in [-0.4, -0.2) is 4.57 Å². The molecule has 10 aromatic carbocycles. The molecule has 0 fully saturated rings. The number of benzene rings is 10. The second-order valence-corrected chi connectivity index (χ2v) is 19.6. The van der Waals surface area contributed by atoms with Gasteiger partial charge in [-0.05, 0) is 110 Å². The van der Waals surface area contributed by atoms with E-state index in [9.17, 15) is 0 Å². The molecular weight excluding hydrogens is 821 g/mol. The number of nitrogens with zero attached hydrogens (tertiary/aromatic N) is 2. The molecular formula is C66H50N2. The third-order valence-electron chi connectivity index (χ3n) is 15.2. The van der Waals surface area contributed by atoms with Crippen molar-refractivity contribution in [2.75, 3.05) is 4.90 Å². The predicted molar refractivity (Wildman–Crippen MR) is 287 cm³/mol. The van der Waals surface area contributed by atoms with Crippen molar-refractivity contribution in [2.45, 2.75) is 38.5 Å². The largest absolute Gasteiger partial charge is 0.309 e. The van der Waals surface area contributed by atoms with E-state index < -0.39 is 0 Å². The molecule has 0 bridgehead atoms. The predicted octanol–water partition coefficient (Wildman–Crippen LogP) is 17.9. The number of fused-ring (bicyclic) bond motifs is 9. The van der Waals surface area contributed by atoms with Gasteiger partial charge in [0.1, 0.15) is 0 Å². The smallest absolute Gasteiger partial charge is 0.0547 e. The maximum atomic E-state index is 2.55. The Bertz CT molecular complexity index is 3810. The quantitative estimate of drug-likeness (QED) is 0.155. The summed E-state index contributed by atoms with van der Waals surface area (Å²) in [6.45, 7) is 9.46. The molecule has 0 spiro atoms. The molecule has 11 aromatic rings. The van der Waals surface area contributed by atoms with Crippen molar-refractivity contribution in [3.8, 4) is 61.3 Å². The maximum Gasteiger partial charge on any atom is 0.0547 e. The summed E-state index contributed by atoms with van der Waals surface area (Å²) in [5.74, 6) is 0. The van der Waals surface area contributed by atoms with Gasteiger partial charge in [0.05, 0.1) is 28.1 Å². The van der Waals surface area contributed by atoms with Gasteiger partial charge in [-0.15, -0.1) is 0 Å². The summed E-state index contributed by atoms with van der Waals surface area (Å²) in [7, 11) is 0. The van der Waals surface area contributed by atoms with Crippen LogP contribution in [0.15, 0.2) is 231 Å². The normalized spacial score (nSPS) is 13.8. The fourth-order valence-corrected chi connectivity index (χ4v) is 12.0. The Morgan fingerprint density at radius 1 is 0.309 bits per heavy atom. The minimum atomic E-state index is -0.128. The third-order valence-corrected chi connectivity index (χ3v) is 15.2. The van der Waals surface area contributed by atoms with Crippen molar-refractivity contribution in [1.29, 1.82) is 0 Å². The Hall–Kier alpha value is -8.20. The zero-order valence-electron chi connectivity index (χ0n) is 38.8. The van der Waals surface area contributed by atoms with Crippen molar-refractivity contribution in [1.82, 2.24) is 4.57 Å². The van der Waals surface area contributed by atoms with Gasteiger partial charge >= 0.3 is 0 Å². The average Bonchev–Trinajstić information content (AvgIpc) is 3.93. The van der Waals surface area contributed by atoms with Crippen LogP contribution in [-0.2, 0) is 10.8 Å². The first-order chi connectivity index (χ1) is 33.3. The number of aromatic nitrogens is 1. The summed E-state index contributed by atoms with van der Waals surface area (Å²) in [4.78, 5) is 2.55. The zero-order chi connectivity index (χ0) is 45.7. The third kappa shape index (κ3) is 5.90. The fraction of sp³-hybridized carbons (Fsp3) is 0.0909. The van der Waals surface area contributed by atoms with E-state index in [1.807, 2.05) is 0 Å². The van der Waals surface area contributed by atoms with E-state index in [0.717, 1.165) is 33.9 Å². The van der Waals surface area contributed by atoms with E-state index in [1.165, 1.54) is 88.6 Å². The van der Waals surface area contributed by atoms with Crippen LogP contribution in [0.2, 0.25) is 0 Å². The molecule has 2 aliphatic rings. The molecule has 68 heavy (non-hydrogen) atoms. The number of para-hydroxylation sites is 5. The van der Waals surface area contributed by atoms with Gasteiger partial charge in [0.15, 0.2) is 0 Å². The lowest BCUT2D eigenvalue weighted by atomic mass is 9.82. The highest BCUT2D eigenvalue weighted by atomic mass is 15.2. The van der Waals surface area contributed by atoms with Crippen LogP contribution in [0.4, 0.5) is 17.1 Å². The Balaban J connectivity index is 1.07. The van der Waals surface area contributed by atoms with Crippen molar-refractivity contribution in [3.05, 3.63) is 253 Å². The topological polar surface area (TPSA) is 8.17 Å². The lowest BCUT2D eigenvalue weighted by molar-refractivity contribution is 0.660. The molecule has 0 aliphatic heterocycles. The summed E-state index contributed by atoms with van der Waals surface area (Å²) in [5.41, 5.74) is 24.5. The summed E-state index contributed by atoms with van der Waals surface area (Å²) in [6, 6.07) is 85.7. The van der Waals surface area contributed by atoms with Gasteiger partial charge in [0.2, 0.25) is 0 Å². The maximum absolute atomic E-state index is 2.55. The lowest BCUT2D eigenvalue weighted by Crippen LogP contribution is -2.15. The Labute approximate surface area is 399 Å². The molecule has 0 amide bonds. The van der Waals surface area contributed by atoms with E-state index in [4.69, 9.17) is 0 Å². The van der Waals surface area contributed by atoms with Gasteiger partial charge in [0.25, 0.3) is 0 Å². The number of hydrogen-bond acceptors (Lipinski definition) is 1. The molecule has 324 valence electrons. The first-order valence-corrected chi connectivity index (χ1v) is 23.9. The number of anilines is 3. The van der Waals surface area contributed by atoms with Crippen LogP contribution < -0.4 is 4.90 Å². The monoisotopic (exact) mass is 870 g/mol. The molecule has 0 radical (unpaired) electrons. The highest BCUT2D eigenvalue weighted by molar-refractivity contribution is 6.11. The minimum Gasteiger partial charge on any atom is -0.309 e. The van der Waals surface area contributed by atoms with Crippen molar-refractivity contribution >= 4 is 38.9 Å². The Morgan fingerprint density at radius 3 is 1.50 bits per heavy atom. The summed E-state index contributed by atoms with van der Waals surface area (Å²) in [6.07, 6.45) is 0. The number of rotatable bonds is 7. The molecule has 0 saturated carbocycles. The minimum absolute atomic E-state index is 0.0790. The summed E-state index contributed by atoms with van der Waals surface area (Å²) >= 11 is 0. The number of hydrogen-bond donors (Lipinski definition) is 0. The molecule has 0 atom stereocenters. The van der Waals surface area contributed by atoms with Crippen LogP contribution in [0, 0.1) is 0 Å². The van der Waals surface area contributed by atoms with Crippen LogP contribution in [0.5, 0.6) is 0 Å². The SMILES string of the molecule is CC1(C)c2ccccc2-c2cc(-c3ccccc3N(c3ccccc3-c3ccc4c5ccccc5n(-c5ccccc5)c4c3)c3ccccc3-c3cccc4c3-c3ccccc3C4(C)C)ccc21. The lowest BCUT2D eigenvalue weighted by Gasteiger charge is -2.32. The van der Waals surface area contributed by atoms with Crippen molar-refractivity contribution in [3.63, 3.8) is 0 Å². The molecule has 1 aromatic heterocycles. The standard InChI is InChI=1S/C66H50N2/c1-65(2)55-30-14-8-25-48(55)54-41-43(38-40-57(54)65)46-23-10-16-33-59(46)68(62-36-19-13-27-50(62)52-29-20-32-58-64(52)53-28-9-15-31-56(53)66(58,3)4)60-34-17-11-24-47(60)44-37-39-51-49-26-12-18-35-61(49)67(63(51)42-44)45-21-6-5-7-22-45/h5-42H,1-4H3. The molecule has 13 rings (SSSR count). The van der Waals surface area contributed by atoms with Crippen LogP contribution in [0.25, 0.3) is 83.1 Å². The fourth-order valence-electron chi connectivity index (χ4n) is 12.0. The van der Waals surface area contributed by atoms with E-state index in [2.05, 4.69) is 268 Å². The van der Waals surface area contributed by atoms with Crippen molar-refractivity contribution < 1.29 is 0 Å². The van der Waals surface area contributed by atoms with Crippen molar-refractivity contribution in [2.24, 2.45) is 0 Å². The van der Waals surface area contributed by atoms with Crippen LogP contribution >= 0.6 is 0 Å². The van der Waals surface area contributed by atoms with E-state index in [-0.39, 0.29) is 10.8 Å². The molecule has 0 unspecified atom stereocenters. The highest BCUT2D eigenvalue weighted by Crippen LogP contribution is 2.56. The highest BCUT2D eigenvalue weighted by Gasteiger charge is 2.38. The molecule has 0 saturated heterocycles. The first-order valence-electron chi connectivity index (χ1n) is 23.9. The summed E-state index contributed by atoms with van der Waals surface area (Å²) < 4.78 is 2.42. The molecule has 2 nitrogen and oxygen atoms in total.